The van der Waals surface area contributed by atoms with Crippen LogP contribution in [0, 0.1) is 5.41 Å². The normalized spacial score (nSPS) is 11.9. The third-order valence-corrected chi connectivity index (χ3v) is 1.93. The molecule has 1 aromatic rings. The standard InChI is InChI=1S/C14H18/c1-12(10-11-14(2,3)4)13-8-6-5-7-9-13/h5-11H,1H2,2-4H3/b11-10-. The molecular formula is C14H18. The van der Waals surface area contributed by atoms with Crippen LogP contribution < -0.4 is 0 Å². The SMILES string of the molecule is C=C(/C=C\C(C)(C)C)c1ccccc1. The summed E-state index contributed by atoms with van der Waals surface area (Å²) >= 11 is 0. The molecule has 0 aliphatic rings. The first kappa shape index (κ1) is 10.8. The molecule has 0 aromatic heterocycles. The molecule has 0 saturated heterocycles. The van der Waals surface area contributed by atoms with Crippen LogP contribution >= 0.6 is 0 Å². The van der Waals surface area contributed by atoms with Crippen molar-refractivity contribution in [2.24, 2.45) is 5.41 Å². The predicted octanol–water partition coefficient (Wildman–Crippen LogP) is 4.30. The third kappa shape index (κ3) is 3.61. The number of hydrogen-bond donors (Lipinski definition) is 0. The van der Waals surface area contributed by atoms with Crippen molar-refractivity contribution in [2.75, 3.05) is 0 Å². The lowest BCUT2D eigenvalue weighted by Gasteiger charge is -2.11. The fourth-order valence-corrected chi connectivity index (χ4v) is 1.10. The average Bonchev–Trinajstić information content (AvgIpc) is 2.14. The number of allylic oxidation sites excluding steroid dienone is 3. The van der Waals surface area contributed by atoms with E-state index in [0.29, 0.717) is 0 Å². The van der Waals surface area contributed by atoms with Crippen LogP contribution in [0.5, 0.6) is 0 Å². The number of rotatable bonds is 2. The van der Waals surface area contributed by atoms with Crippen molar-refractivity contribution >= 4 is 5.57 Å². The summed E-state index contributed by atoms with van der Waals surface area (Å²) in [4.78, 5) is 0. The van der Waals surface area contributed by atoms with Gasteiger partial charge in [0, 0.05) is 0 Å². The van der Waals surface area contributed by atoms with Crippen LogP contribution in [0.15, 0.2) is 49.1 Å². The summed E-state index contributed by atoms with van der Waals surface area (Å²) in [6.07, 6.45) is 4.28. The second kappa shape index (κ2) is 4.28. The van der Waals surface area contributed by atoms with Gasteiger partial charge in [0.15, 0.2) is 0 Å². The van der Waals surface area contributed by atoms with Gasteiger partial charge in [0.25, 0.3) is 0 Å². The minimum Gasteiger partial charge on any atom is -0.0912 e. The lowest BCUT2D eigenvalue weighted by molar-refractivity contribution is 0.544. The molecule has 0 nitrogen and oxygen atoms in total. The molecule has 0 N–H and O–H groups in total. The monoisotopic (exact) mass is 186 g/mol. The van der Waals surface area contributed by atoms with Gasteiger partial charge >= 0.3 is 0 Å². The van der Waals surface area contributed by atoms with Gasteiger partial charge in [0.2, 0.25) is 0 Å². The Kier molecular flexibility index (Phi) is 3.29. The zero-order chi connectivity index (χ0) is 10.6. The molecule has 0 heteroatoms. The van der Waals surface area contributed by atoms with Gasteiger partial charge in [-0.05, 0) is 16.6 Å². The first-order valence-electron chi connectivity index (χ1n) is 4.92. The van der Waals surface area contributed by atoms with Crippen LogP contribution in [0.25, 0.3) is 5.57 Å². The first-order valence-corrected chi connectivity index (χ1v) is 4.92. The zero-order valence-electron chi connectivity index (χ0n) is 9.25. The van der Waals surface area contributed by atoms with Crippen LogP contribution in [0.4, 0.5) is 0 Å². The van der Waals surface area contributed by atoms with Gasteiger partial charge in [0.1, 0.15) is 0 Å². The second-order valence-corrected chi connectivity index (χ2v) is 4.59. The summed E-state index contributed by atoms with van der Waals surface area (Å²) in [5.74, 6) is 0. The van der Waals surface area contributed by atoms with Gasteiger partial charge in [-0.15, -0.1) is 0 Å². The van der Waals surface area contributed by atoms with Crippen molar-refractivity contribution in [2.45, 2.75) is 20.8 Å². The zero-order valence-corrected chi connectivity index (χ0v) is 9.25. The number of benzene rings is 1. The van der Waals surface area contributed by atoms with Crippen LogP contribution in [-0.4, -0.2) is 0 Å². The summed E-state index contributed by atoms with van der Waals surface area (Å²) in [6, 6.07) is 10.2. The van der Waals surface area contributed by atoms with Crippen LogP contribution in [0.1, 0.15) is 26.3 Å². The minimum absolute atomic E-state index is 0.220. The van der Waals surface area contributed by atoms with Crippen LogP contribution in [0.3, 0.4) is 0 Å². The second-order valence-electron chi connectivity index (χ2n) is 4.59. The van der Waals surface area contributed by atoms with E-state index in [1.807, 2.05) is 18.2 Å². The van der Waals surface area contributed by atoms with Crippen LogP contribution in [0.2, 0.25) is 0 Å². The molecule has 0 atom stereocenters. The Balaban J connectivity index is 2.74. The van der Waals surface area contributed by atoms with E-state index in [2.05, 4.69) is 51.6 Å². The fraction of sp³-hybridized carbons (Fsp3) is 0.286. The largest absolute Gasteiger partial charge is 0.0912 e. The molecule has 0 heterocycles. The summed E-state index contributed by atoms with van der Waals surface area (Å²) in [5, 5.41) is 0. The van der Waals surface area contributed by atoms with Crippen LogP contribution in [-0.2, 0) is 0 Å². The Morgan fingerprint density at radius 2 is 1.71 bits per heavy atom. The molecule has 74 valence electrons. The minimum atomic E-state index is 0.220. The average molecular weight is 186 g/mol. The molecule has 0 saturated carbocycles. The van der Waals surface area contributed by atoms with Gasteiger partial charge in [-0.1, -0.05) is 69.8 Å². The van der Waals surface area contributed by atoms with Crippen molar-refractivity contribution in [3.63, 3.8) is 0 Å². The molecule has 1 aromatic carbocycles. The highest BCUT2D eigenvalue weighted by Crippen LogP contribution is 2.19. The van der Waals surface area contributed by atoms with E-state index < -0.39 is 0 Å². The molecule has 1 rings (SSSR count). The van der Waals surface area contributed by atoms with Gasteiger partial charge < -0.3 is 0 Å². The molecule has 0 unspecified atom stereocenters. The summed E-state index contributed by atoms with van der Waals surface area (Å²) in [7, 11) is 0. The summed E-state index contributed by atoms with van der Waals surface area (Å²) in [5.41, 5.74) is 2.48. The molecule has 0 spiro atoms. The maximum absolute atomic E-state index is 4.04. The lowest BCUT2D eigenvalue weighted by Crippen LogP contribution is -1.98. The smallest absolute Gasteiger partial charge is 0.0190 e. The van der Waals surface area contributed by atoms with E-state index in [0.717, 1.165) is 5.57 Å². The predicted molar refractivity (Wildman–Crippen MR) is 64.1 cm³/mol. The molecule has 0 bridgehead atoms. The van der Waals surface area contributed by atoms with Gasteiger partial charge in [-0.25, -0.2) is 0 Å². The molecule has 0 fully saturated rings. The highest BCUT2D eigenvalue weighted by atomic mass is 14.1. The van der Waals surface area contributed by atoms with E-state index in [4.69, 9.17) is 0 Å². The fourth-order valence-electron chi connectivity index (χ4n) is 1.10. The van der Waals surface area contributed by atoms with E-state index in [-0.39, 0.29) is 5.41 Å². The van der Waals surface area contributed by atoms with E-state index >= 15 is 0 Å². The van der Waals surface area contributed by atoms with Gasteiger partial charge in [-0.3, -0.25) is 0 Å². The molecule has 0 aliphatic heterocycles. The third-order valence-electron chi connectivity index (χ3n) is 1.93. The highest BCUT2D eigenvalue weighted by molar-refractivity contribution is 5.71. The van der Waals surface area contributed by atoms with Crippen molar-refractivity contribution in [1.82, 2.24) is 0 Å². The highest BCUT2D eigenvalue weighted by Gasteiger charge is 2.03. The lowest BCUT2D eigenvalue weighted by atomic mass is 9.94. The Bertz CT molecular complexity index is 323. The van der Waals surface area contributed by atoms with Crippen molar-refractivity contribution in [3.05, 3.63) is 54.6 Å². The Morgan fingerprint density at radius 1 is 1.14 bits per heavy atom. The van der Waals surface area contributed by atoms with Crippen molar-refractivity contribution in [3.8, 4) is 0 Å². The topological polar surface area (TPSA) is 0 Å². The van der Waals surface area contributed by atoms with Crippen molar-refractivity contribution in [1.29, 1.82) is 0 Å². The van der Waals surface area contributed by atoms with E-state index in [9.17, 15) is 0 Å². The molecule has 0 aliphatic carbocycles. The molecular weight excluding hydrogens is 168 g/mol. The summed E-state index contributed by atoms with van der Waals surface area (Å²) in [6.45, 7) is 10.6. The van der Waals surface area contributed by atoms with Crippen molar-refractivity contribution < 1.29 is 0 Å². The van der Waals surface area contributed by atoms with Gasteiger partial charge in [0.05, 0.1) is 0 Å². The van der Waals surface area contributed by atoms with E-state index in [1.54, 1.807) is 0 Å². The number of hydrogen-bond acceptors (Lipinski definition) is 0. The first-order chi connectivity index (χ1) is 6.49. The Morgan fingerprint density at radius 3 is 2.21 bits per heavy atom. The van der Waals surface area contributed by atoms with E-state index in [1.165, 1.54) is 5.56 Å². The molecule has 0 amide bonds. The Hall–Kier alpha value is -1.30. The quantitative estimate of drug-likeness (QED) is 0.604. The maximum atomic E-state index is 4.04. The molecule has 14 heavy (non-hydrogen) atoms. The maximum Gasteiger partial charge on any atom is -0.0190 e. The summed E-state index contributed by atoms with van der Waals surface area (Å²) < 4.78 is 0. The molecule has 0 radical (unpaired) electrons. The Labute approximate surface area is 87.0 Å². The van der Waals surface area contributed by atoms with Gasteiger partial charge in [-0.2, -0.15) is 0 Å².